The summed E-state index contributed by atoms with van der Waals surface area (Å²) in [5, 5.41) is 44.7. The summed E-state index contributed by atoms with van der Waals surface area (Å²) in [7, 11) is 0. The zero-order valence-corrected chi connectivity index (χ0v) is 36.2. The van der Waals surface area contributed by atoms with E-state index in [0.29, 0.717) is 47.3 Å². The maximum Gasteiger partial charge on any atom is 0.326 e. The highest BCUT2D eigenvalue weighted by Crippen LogP contribution is 2.29. The average Bonchev–Trinajstić information content (AvgIpc) is 3.33. The minimum Gasteiger partial charge on any atom is -0.493 e. The molecule has 0 aliphatic carbocycles. The van der Waals surface area contributed by atoms with Gasteiger partial charge in [0.2, 0.25) is 11.8 Å². The van der Waals surface area contributed by atoms with E-state index in [4.69, 9.17) is 19.7 Å². The summed E-state index contributed by atoms with van der Waals surface area (Å²) in [4.78, 5) is 60.4. The summed E-state index contributed by atoms with van der Waals surface area (Å²) >= 11 is 0.762. The number of carboxylic acids is 2. The standard InChI is InChI=1S/C48H46N6O11S/c55-45(56)30-39(52-46(57)37-21-14-24-43(50-37)54-49-31-35-20-9-11-23-42(35)66-65-64-61)47(58)53-40(48(59)60)27-34-19-8-10-22-41(34)62-25-12-3-13-26-63-44-29-36(32-15-4-1-5-16-32)28-38(51-44)33-17-6-2-7-18-33/h1-2,4-11,14-24,28-29,39-40,61H,3,12-13,25-27,30-31H2,(H,52,57)(H,53,58)(H,55,56)(H,59,60). The predicted octanol–water partition coefficient (Wildman–Crippen LogP) is 8.54. The van der Waals surface area contributed by atoms with Gasteiger partial charge >= 0.3 is 11.9 Å². The number of carbonyl (C=O) groups is 4. The maximum atomic E-state index is 13.4. The largest absolute Gasteiger partial charge is 0.493 e. The summed E-state index contributed by atoms with van der Waals surface area (Å²) in [6.45, 7) is 0.842. The molecule has 0 aliphatic rings. The molecule has 2 atom stereocenters. The van der Waals surface area contributed by atoms with Gasteiger partial charge in [-0.25, -0.2) is 20.0 Å². The van der Waals surface area contributed by atoms with Crippen LogP contribution in [0.2, 0.25) is 0 Å². The van der Waals surface area contributed by atoms with Crippen LogP contribution in [-0.2, 0) is 36.7 Å². The van der Waals surface area contributed by atoms with Gasteiger partial charge in [-0.3, -0.25) is 14.4 Å². The zero-order chi connectivity index (χ0) is 46.5. The first kappa shape index (κ1) is 48.0. The lowest BCUT2D eigenvalue weighted by Gasteiger charge is -2.21. The molecule has 0 aliphatic heterocycles. The van der Waals surface area contributed by atoms with Crippen molar-refractivity contribution in [3.8, 4) is 34.0 Å². The fourth-order valence-electron chi connectivity index (χ4n) is 6.55. The van der Waals surface area contributed by atoms with E-state index < -0.39 is 42.3 Å². The topological polar surface area (TPSA) is 240 Å². The number of pyridine rings is 2. The number of unbranched alkanes of at least 4 members (excludes halogenated alkanes) is 2. The molecular formula is C48H46N6O11S. The maximum absolute atomic E-state index is 13.4. The Kier molecular flexibility index (Phi) is 18.2. The number of rotatable bonds is 25. The molecule has 0 bridgehead atoms. The number of carboxylic acid groups (broad SMARTS) is 2. The van der Waals surface area contributed by atoms with E-state index in [1.807, 2.05) is 72.8 Å². The second-order valence-corrected chi connectivity index (χ2v) is 15.3. The molecule has 2 amide bonds. The van der Waals surface area contributed by atoms with Gasteiger partial charge in [0.25, 0.3) is 5.91 Å². The zero-order valence-electron chi connectivity index (χ0n) is 35.4. The van der Waals surface area contributed by atoms with Crippen molar-refractivity contribution in [3.05, 3.63) is 156 Å². The highest BCUT2D eigenvalue weighted by molar-refractivity contribution is 7.94. The summed E-state index contributed by atoms with van der Waals surface area (Å²) in [5.74, 6) is -3.73. The van der Waals surface area contributed by atoms with Crippen molar-refractivity contribution in [2.45, 2.75) is 55.6 Å². The van der Waals surface area contributed by atoms with Crippen LogP contribution in [0.3, 0.4) is 0 Å². The van der Waals surface area contributed by atoms with E-state index in [0.717, 1.165) is 47.3 Å². The third-order valence-corrected chi connectivity index (χ3v) is 10.5. The van der Waals surface area contributed by atoms with Crippen molar-refractivity contribution >= 4 is 41.6 Å². The summed E-state index contributed by atoms with van der Waals surface area (Å²) in [6, 6.07) is 38.9. The van der Waals surface area contributed by atoms with Gasteiger partial charge in [-0.05, 0) is 71.8 Å². The first-order chi connectivity index (χ1) is 32.2. The number of carbonyl (C=O) groups excluding carboxylic acids is 2. The molecule has 66 heavy (non-hydrogen) atoms. The molecule has 2 aromatic heterocycles. The third-order valence-electron chi connectivity index (χ3n) is 9.79. The van der Waals surface area contributed by atoms with Gasteiger partial charge in [0.1, 0.15) is 23.5 Å². The third kappa shape index (κ3) is 14.8. The van der Waals surface area contributed by atoms with Gasteiger partial charge in [-0.15, -0.1) is 9.45 Å². The van der Waals surface area contributed by atoms with Crippen LogP contribution in [-0.4, -0.2) is 74.5 Å². The Labute approximate surface area is 383 Å². The number of aliphatic carboxylic acids is 2. The molecule has 0 spiro atoms. The van der Waals surface area contributed by atoms with Crippen LogP contribution < -0.4 is 20.1 Å². The van der Waals surface area contributed by atoms with Crippen LogP contribution >= 0.6 is 12.0 Å². The normalized spacial score (nSPS) is 12.0. The number of nitrogens with one attached hydrogen (secondary N) is 2. The SMILES string of the molecule is O=C(O)CC(NC(=O)c1cccc(N=NCc2ccccc2SOOO)n1)C(=O)NC(Cc1ccccc1OCCCCCOc1cc(-c2ccccc2)cc(-c2ccccc2)n1)C(=O)O. The Hall–Kier alpha value is -7.51. The van der Waals surface area contributed by atoms with Gasteiger partial charge in [0, 0.05) is 22.9 Å². The molecule has 2 unspecified atom stereocenters. The molecule has 5 N–H and O–H groups in total. The summed E-state index contributed by atoms with van der Waals surface area (Å²) < 4.78 is 16.7. The Morgan fingerprint density at radius 3 is 2.08 bits per heavy atom. The first-order valence-corrected chi connectivity index (χ1v) is 21.5. The molecule has 0 radical (unpaired) electrons. The fourth-order valence-corrected chi connectivity index (χ4v) is 7.03. The number of azo groups is 1. The van der Waals surface area contributed by atoms with Crippen LogP contribution in [0.4, 0.5) is 5.82 Å². The molecule has 6 rings (SSSR count). The van der Waals surface area contributed by atoms with Crippen LogP contribution in [0.1, 0.15) is 47.3 Å². The smallest absolute Gasteiger partial charge is 0.326 e. The molecule has 4 aromatic carbocycles. The quantitative estimate of drug-likeness (QED) is 0.0119. The highest BCUT2D eigenvalue weighted by Gasteiger charge is 2.30. The Morgan fingerprint density at radius 1 is 0.667 bits per heavy atom. The van der Waals surface area contributed by atoms with Gasteiger partial charge in [-0.1, -0.05) is 108 Å². The number of amides is 2. The number of hydrogen-bond donors (Lipinski definition) is 5. The number of hydrogen-bond acceptors (Lipinski definition) is 14. The molecule has 0 saturated carbocycles. The van der Waals surface area contributed by atoms with E-state index in [-0.39, 0.29) is 24.5 Å². The van der Waals surface area contributed by atoms with Gasteiger partial charge in [0.15, 0.2) is 5.82 Å². The molecule has 0 saturated heterocycles. The van der Waals surface area contributed by atoms with E-state index in [1.165, 1.54) is 18.2 Å². The van der Waals surface area contributed by atoms with Gasteiger partial charge < -0.3 is 30.3 Å². The number of benzene rings is 4. The van der Waals surface area contributed by atoms with Crippen LogP contribution in [0.5, 0.6) is 11.6 Å². The first-order valence-electron chi connectivity index (χ1n) is 20.8. The van der Waals surface area contributed by atoms with Crippen molar-refractivity contribution in [2.75, 3.05) is 13.2 Å². The number of nitrogens with zero attached hydrogens (tertiary/aromatic N) is 4. The second-order valence-electron chi connectivity index (χ2n) is 14.5. The molecule has 18 heteroatoms. The Balaban J connectivity index is 1.000. The fraction of sp³-hybridized carbons (Fsp3) is 0.208. The van der Waals surface area contributed by atoms with Crippen molar-refractivity contribution < 1.29 is 53.5 Å². The van der Waals surface area contributed by atoms with Crippen LogP contribution in [0.15, 0.2) is 155 Å². The minimum atomic E-state index is -1.66. The molecule has 2 heterocycles. The lowest BCUT2D eigenvalue weighted by atomic mass is 10.0. The minimum absolute atomic E-state index is 0.0408. The molecule has 340 valence electrons. The summed E-state index contributed by atoms with van der Waals surface area (Å²) in [5.41, 5.74) is 4.83. The van der Waals surface area contributed by atoms with Crippen molar-refractivity contribution in [1.82, 2.24) is 20.6 Å². The van der Waals surface area contributed by atoms with Gasteiger partial charge in [-0.2, -0.15) is 5.11 Å². The average molecular weight is 915 g/mol. The van der Waals surface area contributed by atoms with Crippen LogP contribution in [0.25, 0.3) is 22.4 Å². The lowest BCUT2D eigenvalue weighted by molar-refractivity contribution is -0.432. The van der Waals surface area contributed by atoms with Gasteiger partial charge in [0.05, 0.1) is 43.9 Å². The molecule has 0 fully saturated rings. The number of aromatic nitrogens is 2. The Morgan fingerprint density at radius 2 is 1.35 bits per heavy atom. The van der Waals surface area contributed by atoms with Crippen molar-refractivity contribution in [1.29, 1.82) is 0 Å². The predicted molar refractivity (Wildman–Crippen MR) is 243 cm³/mol. The Bertz CT molecular complexity index is 2530. The molecular weight excluding hydrogens is 869 g/mol. The number of para-hydroxylation sites is 1. The highest BCUT2D eigenvalue weighted by atomic mass is 32.2. The molecule has 6 aromatic rings. The van der Waals surface area contributed by atoms with E-state index in [2.05, 4.69) is 35.2 Å². The molecule has 17 nitrogen and oxygen atoms in total. The van der Waals surface area contributed by atoms with Crippen LogP contribution in [0, 0.1) is 0 Å². The number of ether oxygens (including phenoxy) is 2. The monoisotopic (exact) mass is 914 g/mol. The summed E-state index contributed by atoms with van der Waals surface area (Å²) in [6.07, 6.45) is 1.13. The van der Waals surface area contributed by atoms with E-state index >= 15 is 0 Å². The van der Waals surface area contributed by atoms with Crippen molar-refractivity contribution in [3.63, 3.8) is 0 Å². The lowest BCUT2D eigenvalue weighted by Crippen LogP contribution is -2.53. The second kappa shape index (κ2) is 25.1. The van der Waals surface area contributed by atoms with E-state index in [9.17, 15) is 29.4 Å². The van der Waals surface area contributed by atoms with E-state index in [1.54, 1.807) is 48.5 Å². The van der Waals surface area contributed by atoms with Crippen molar-refractivity contribution in [2.24, 2.45) is 10.2 Å².